The molecule has 3 aromatic rings. The monoisotopic (exact) mass is 428 g/mol. The number of amides is 1. The second kappa shape index (κ2) is 9.80. The first-order valence-corrected chi connectivity index (χ1v) is 9.48. The van der Waals surface area contributed by atoms with Crippen molar-refractivity contribution in [2.45, 2.75) is 6.92 Å². The first-order chi connectivity index (χ1) is 14.6. The van der Waals surface area contributed by atoms with Gasteiger partial charge in [0.1, 0.15) is 22.3 Å². The van der Waals surface area contributed by atoms with E-state index >= 15 is 0 Å². The lowest BCUT2D eigenvalue weighted by atomic mass is 10.2. The van der Waals surface area contributed by atoms with Crippen molar-refractivity contribution in [3.8, 4) is 17.2 Å². The van der Waals surface area contributed by atoms with E-state index in [9.17, 15) is 4.79 Å². The number of nitrogens with one attached hydrogen (secondary N) is 2. The van der Waals surface area contributed by atoms with Crippen LogP contribution in [0.3, 0.4) is 0 Å². The quantitative estimate of drug-likeness (QED) is 0.508. The maximum atomic E-state index is 12.9. The Morgan fingerprint density at radius 1 is 1.03 bits per heavy atom. The number of rotatable bonds is 8. The predicted octanol–water partition coefficient (Wildman–Crippen LogP) is 4.54. The van der Waals surface area contributed by atoms with Crippen LogP contribution in [-0.4, -0.2) is 36.7 Å². The van der Waals surface area contributed by atoms with Gasteiger partial charge in [-0.25, -0.2) is 9.97 Å². The standard InChI is InChI=1S/C21H21ClN4O4/c1-4-30-16-9-6-12-23-19(16)21(27)24-13-10-11-17(22)25-20(13)26-18-14(28-2)7-5-8-15(18)29-3/h5-12H,4H2,1-3H3,(H,24,27)(H,25,26). The fourth-order valence-electron chi connectivity index (χ4n) is 2.74. The van der Waals surface area contributed by atoms with Crippen molar-refractivity contribution in [2.24, 2.45) is 0 Å². The van der Waals surface area contributed by atoms with Crippen molar-refractivity contribution in [1.29, 1.82) is 0 Å². The zero-order chi connectivity index (χ0) is 21.5. The number of anilines is 3. The number of benzene rings is 1. The highest BCUT2D eigenvalue weighted by atomic mass is 35.5. The van der Waals surface area contributed by atoms with Crippen molar-refractivity contribution in [1.82, 2.24) is 9.97 Å². The smallest absolute Gasteiger partial charge is 0.278 e. The second-order valence-corrected chi connectivity index (χ2v) is 6.32. The van der Waals surface area contributed by atoms with Crippen LogP contribution in [0.2, 0.25) is 5.15 Å². The Hall–Kier alpha value is -3.52. The number of hydrogen-bond donors (Lipinski definition) is 2. The molecule has 0 aliphatic rings. The summed E-state index contributed by atoms with van der Waals surface area (Å²) in [7, 11) is 3.09. The van der Waals surface area contributed by atoms with Crippen LogP contribution >= 0.6 is 11.6 Å². The van der Waals surface area contributed by atoms with Crippen molar-refractivity contribution in [3.63, 3.8) is 0 Å². The Morgan fingerprint density at radius 3 is 2.40 bits per heavy atom. The van der Waals surface area contributed by atoms with Gasteiger partial charge in [0.05, 0.1) is 26.5 Å². The normalized spacial score (nSPS) is 10.3. The number of aromatic nitrogens is 2. The van der Waals surface area contributed by atoms with Gasteiger partial charge in [-0.15, -0.1) is 0 Å². The van der Waals surface area contributed by atoms with E-state index in [0.717, 1.165) is 0 Å². The summed E-state index contributed by atoms with van der Waals surface area (Å²) in [5, 5.41) is 6.19. The highest BCUT2D eigenvalue weighted by molar-refractivity contribution is 6.29. The Kier molecular flexibility index (Phi) is 6.92. The maximum absolute atomic E-state index is 12.9. The van der Waals surface area contributed by atoms with E-state index in [2.05, 4.69) is 20.6 Å². The van der Waals surface area contributed by atoms with E-state index < -0.39 is 5.91 Å². The molecule has 0 fully saturated rings. The van der Waals surface area contributed by atoms with Gasteiger partial charge in [-0.2, -0.15) is 0 Å². The first-order valence-electron chi connectivity index (χ1n) is 9.11. The van der Waals surface area contributed by atoms with Crippen LogP contribution < -0.4 is 24.8 Å². The number of ether oxygens (including phenoxy) is 3. The number of hydrogen-bond acceptors (Lipinski definition) is 7. The Morgan fingerprint density at radius 2 is 1.73 bits per heavy atom. The van der Waals surface area contributed by atoms with Crippen LogP contribution in [0.5, 0.6) is 17.2 Å². The lowest BCUT2D eigenvalue weighted by Gasteiger charge is -2.17. The van der Waals surface area contributed by atoms with Crippen molar-refractivity contribution < 1.29 is 19.0 Å². The summed E-state index contributed by atoms with van der Waals surface area (Å²) in [4.78, 5) is 21.3. The van der Waals surface area contributed by atoms with E-state index in [4.69, 9.17) is 25.8 Å². The molecular formula is C21H21ClN4O4. The second-order valence-electron chi connectivity index (χ2n) is 5.93. The van der Waals surface area contributed by atoms with E-state index in [1.54, 1.807) is 56.7 Å². The minimum Gasteiger partial charge on any atom is -0.494 e. The van der Waals surface area contributed by atoms with Crippen LogP contribution in [0, 0.1) is 0 Å². The number of pyridine rings is 2. The molecule has 0 saturated carbocycles. The van der Waals surface area contributed by atoms with Crippen molar-refractivity contribution >= 4 is 34.7 Å². The predicted molar refractivity (Wildman–Crippen MR) is 115 cm³/mol. The third kappa shape index (κ3) is 4.72. The van der Waals surface area contributed by atoms with Crippen LogP contribution in [0.4, 0.5) is 17.2 Å². The van der Waals surface area contributed by atoms with E-state index in [0.29, 0.717) is 41.0 Å². The molecule has 1 aromatic carbocycles. The number of halogens is 1. The summed E-state index contributed by atoms with van der Waals surface area (Å²) in [5.74, 6) is 1.33. The topological polar surface area (TPSA) is 94.6 Å². The van der Waals surface area contributed by atoms with Gasteiger partial charge >= 0.3 is 0 Å². The number of para-hydroxylation sites is 1. The van der Waals surface area contributed by atoms with Gasteiger partial charge in [0.15, 0.2) is 17.3 Å². The van der Waals surface area contributed by atoms with Gasteiger partial charge in [0.2, 0.25) is 0 Å². The summed E-state index contributed by atoms with van der Waals surface area (Å²) in [6.07, 6.45) is 1.52. The Balaban J connectivity index is 1.95. The number of carbonyl (C=O) groups excluding carboxylic acids is 1. The largest absolute Gasteiger partial charge is 0.494 e. The van der Waals surface area contributed by atoms with Gasteiger partial charge in [-0.05, 0) is 43.3 Å². The molecule has 0 aliphatic heterocycles. The van der Waals surface area contributed by atoms with Gasteiger partial charge < -0.3 is 24.8 Å². The molecular weight excluding hydrogens is 408 g/mol. The fourth-order valence-corrected chi connectivity index (χ4v) is 2.89. The molecule has 0 unspecified atom stereocenters. The molecule has 0 aliphatic carbocycles. The summed E-state index contributed by atoms with van der Waals surface area (Å²) >= 11 is 6.09. The summed E-state index contributed by atoms with van der Waals surface area (Å²) < 4.78 is 16.3. The number of methoxy groups -OCH3 is 2. The zero-order valence-electron chi connectivity index (χ0n) is 16.7. The summed E-state index contributed by atoms with van der Waals surface area (Å²) in [6.45, 7) is 2.25. The Bertz CT molecular complexity index is 1020. The van der Waals surface area contributed by atoms with Crippen LogP contribution in [-0.2, 0) is 0 Å². The molecule has 0 saturated heterocycles. The molecule has 8 nitrogen and oxygen atoms in total. The molecule has 2 heterocycles. The van der Waals surface area contributed by atoms with Crippen molar-refractivity contribution in [3.05, 3.63) is 59.5 Å². The summed E-state index contributed by atoms with van der Waals surface area (Å²) in [6, 6.07) is 11.9. The van der Waals surface area contributed by atoms with Gasteiger partial charge in [-0.3, -0.25) is 4.79 Å². The first kappa shape index (κ1) is 21.2. The molecule has 30 heavy (non-hydrogen) atoms. The molecule has 1 amide bonds. The minimum absolute atomic E-state index is 0.162. The molecule has 3 rings (SSSR count). The molecule has 156 valence electrons. The minimum atomic E-state index is -0.446. The van der Waals surface area contributed by atoms with Crippen LogP contribution in [0.1, 0.15) is 17.4 Å². The number of nitrogens with zero attached hydrogens (tertiary/aromatic N) is 2. The van der Waals surface area contributed by atoms with E-state index in [1.165, 1.54) is 6.20 Å². The van der Waals surface area contributed by atoms with Crippen LogP contribution in [0.25, 0.3) is 0 Å². The van der Waals surface area contributed by atoms with Crippen LogP contribution in [0.15, 0.2) is 48.7 Å². The highest BCUT2D eigenvalue weighted by Crippen LogP contribution is 2.38. The molecule has 0 radical (unpaired) electrons. The highest BCUT2D eigenvalue weighted by Gasteiger charge is 2.18. The molecule has 0 bridgehead atoms. The van der Waals surface area contributed by atoms with Gasteiger partial charge in [0.25, 0.3) is 5.91 Å². The van der Waals surface area contributed by atoms with E-state index in [1.807, 2.05) is 6.92 Å². The third-order valence-corrected chi connectivity index (χ3v) is 4.28. The Labute approximate surface area is 179 Å². The SMILES string of the molecule is CCOc1cccnc1C(=O)Nc1ccc(Cl)nc1Nc1c(OC)cccc1OC. The fraction of sp³-hybridized carbons (Fsp3) is 0.190. The van der Waals surface area contributed by atoms with E-state index in [-0.39, 0.29) is 10.8 Å². The zero-order valence-corrected chi connectivity index (χ0v) is 17.5. The van der Waals surface area contributed by atoms with Crippen molar-refractivity contribution in [2.75, 3.05) is 31.5 Å². The third-order valence-electron chi connectivity index (χ3n) is 4.07. The lowest BCUT2D eigenvalue weighted by molar-refractivity contribution is 0.101. The molecule has 2 N–H and O–H groups in total. The molecule has 9 heteroatoms. The lowest BCUT2D eigenvalue weighted by Crippen LogP contribution is -2.16. The average molecular weight is 429 g/mol. The average Bonchev–Trinajstić information content (AvgIpc) is 2.76. The van der Waals surface area contributed by atoms with Gasteiger partial charge in [-0.1, -0.05) is 17.7 Å². The summed E-state index contributed by atoms with van der Waals surface area (Å²) in [5.41, 5.74) is 1.10. The number of carbonyl (C=O) groups is 1. The molecule has 2 aromatic heterocycles. The maximum Gasteiger partial charge on any atom is 0.278 e. The molecule has 0 atom stereocenters. The molecule has 0 spiro atoms. The van der Waals surface area contributed by atoms with Gasteiger partial charge in [0, 0.05) is 6.20 Å².